The molecule has 20 heavy (non-hydrogen) atoms. The number of nitrogens with zero attached hydrogens (tertiary/aromatic N) is 3. The lowest BCUT2D eigenvalue weighted by molar-refractivity contribution is 0.396. The highest BCUT2D eigenvalue weighted by atomic mass is 15.1. The zero-order chi connectivity index (χ0) is 15.0. The smallest absolute Gasteiger partial charge is 0.134 e. The monoisotopic (exact) mass is 279 g/mol. The van der Waals surface area contributed by atoms with Gasteiger partial charge in [-0.25, -0.2) is 9.97 Å². The molecule has 0 amide bonds. The Morgan fingerprint density at radius 1 is 1.00 bits per heavy atom. The standard InChI is InChI=1S/C15H29N5/c1-6-13-18-14(16-7-2)12(3)15(19-13)17-10-8-9-11-20(4)5/h6-11H2,1-5H3,(H2,16,17,18,19). The van der Waals surface area contributed by atoms with Gasteiger partial charge in [-0.2, -0.15) is 0 Å². The maximum Gasteiger partial charge on any atom is 0.134 e. The van der Waals surface area contributed by atoms with Crippen molar-refractivity contribution in [2.24, 2.45) is 0 Å². The quantitative estimate of drug-likeness (QED) is 0.680. The van der Waals surface area contributed by atoms with Crippen molar-refractivity contribution in [2.75, 3.05) is 44.4 Å². The summed E-state index contributed by atoms with van der Waals surface area (Å²) in [5, 5.41) is 6.76. The summed E-state index contributed by atoms with van der Waals surface area (Å²) in [4.78, 5) is 11.4. The van der Waals surface area contributed by atoms with Crippen LogP contribution in [0.2, 0.25) is 0 Å². The second-order valence-corrected chi connectivity index (χ2v) is 5.28. The Morgan fingerprint density at radius 3 is 2.20 bits per heavy atom. The molecule has 0 saturated heterocycles. The number of rotatable bonds is 9. The normalized spacial score (nSPS) is 10.9. The SMILES string of the molecule is CCNc1nc(CC)nc(NCCCCN(C)C)c1C. The van der Waals surface area contributed by atoms with E-state index in [-0.39, 0.29) is 0 Å². The Kier molecular flexibility index (Phi) is 7.30. The number of aromatic nitrogens is 2. The van der Waals surface area contributed by atoms with Crippen LogP contribution in [0.25, 0.3) is 0 Å². The summed E-state index contributed by atoms with van der Waals surface area (Å²) in [6, 6.07) is 0. The van der Waals surface area contributed by atoms with E-state index in [1.165, 1.54) is 6.42 Å². The van der Waals surface area contributed by atoms with E-state index in [0.717, 1.165) is 55.5 Å². The van der Waals surface area contributed by atoms with E-state index < -0.39 is 0 Å². The van der Waals surface area contributed by atoms with Crippen molar-refractivity contribution < 1.29 is 0 Å². The Balaban J connectivity index is 2.61. The molecule has 0 spiro atoms. The lowest BCUT2D eigenvalue weighted by atomic mass is 10.2. The molecule has 1 aromatic rings. The Labute approximate surface area is 123 Å². The van der Waals surface area contributed by atoms with Gasteiger partial charge in [0.15, 0.2) is 0 Å². The van der Waals surface area contributed by atoms with Crippen molar-refractivity contribution in [3.05, 3.63) is 11.4 Å². The third-order valence-corrected chi connectivity index (χ3v) is 3.18. The second kappa shape index (κ2) is 8.74. The van der Waals surface area contributed by atoms with Crippen LogP contribution < -0.4 is 10.6 Å². The zero-order valence-corrected chi connectivity index (χ0v) is 13.6. The third-order valence-electron chi connectivity index (χ3n) is 3.18. The molecule has 0 aliphatic rings. The molecule has 0 bridgehead atoms. The summed E-state index contributed by atoms with van der Waals surface area (Å²) in [5.74, 6) is 2.81. The zero-order valence-electron chi connectivity index (χ0n) is 13.6. The summed E-state index contributed by atoms with van der Waals surface area (Å²) in [6.07, 6.45) is 3.21. The molecule has 0 radical (unpaired) electrons. The van der Waals surface area contributed by atoms with Crippen LogP contribution in [0.5, 0.6) is 0 Å². The van der Waals surface area contributed by atoms with Gasteiger partial charge in [0, 0.05) is 25.1 Å². The lowest BCUT2D eigenvalue weighted by Gasteiger charge is -2.14. The van der Waals surface area contributed by atoms with E-state index >= 15 is 0 Å². The van der Waals surface area contributed by atoms with Gasteiger partial charge in [-0.1, -0.05) is 6.92 Å². The highest BCUT2D eigenvalue weighted by molar-refractivity contribution is 5.57. The lowest BCUT2D eigenvalue weighted by Crippen LogP contribution is -2.15. The van der Waals surface area contributed by atoms with E-state index in [9.17, 15) is 0 Å². The van der Waals surface area contributed by atoms with Crippen LogP contribution in [0.3, 0.4) is 0 Å². The first-order valence-electron chi connectivity index (χ1n) is 7.58. The second-order valence-electron chi connectivity index (χ2n) is 5.28. The van der Waals surface area contributed by atoms with Crippen LogP contribution in [0.1, 0.15) is 38.1 Å². The predicted molar refractivity (Wildman–Crippen MR) is 86.6 cm³/mol. The first-order chi connectivity index (χ1) is 9.58. The minimum Gasteiger partial charge on any atom is -0.370 e. The molecule has 114 valence electrons. The average Bonchev–Trinajstić information content (AvgIpc) is 2.42. The van der Waals surface area contributed by atoms with Gasteiger partial charge in [-0.15, -0.1) is 0 Å². The molecular formula is C15H29N5. The van der Waals surface area contributed by atoms with Gasteiger partial charge in [0.05, 0.1) is 0 Å². The number of nitrogens with one attached hydrogen (secondary N) is 2. The van der Waals surface area contributed by atoms with Crippen molar-refractivity contribution >= 4 is 11.6 Å². The van der Waals surface area contributed by atoms with Crippen LogP contribution in [0, 0.1) is 6.92 Å². The fourth-order valence-corrected chi connectivity index (χ4v) is 1.99. The largest absolute Gasteiger partial charge is 0.370 e. The topological polar surface area (TPSA) is 53.1 Å². The molecule has 0 unspecified atom stereocenters. The highest BCUT2D eigenvalue weighted by Gasteiger charge is 2.09. The molecule has 5 heteroatoms. The molecule has 0 saturated carbocycles. The van der Waals surface area contributed by atoms with Crippen molar-refractivity contribution in [2.45, 2.75) is 40.0 Å². The molecule has 0 atom stereocenters. The minimum atomic E-state index is 0.855. The fraction of sp³-hybridized carbons (Fsp3) is 0.733. The minimum absolute atomic E-state index is 0.855. The van der Waals surface area contributed by atoms with Crippen LogP contribution in [-0.2, 0) is 6.42 Å². The summed E-state index contributed by atoms with van der Waals surface area (Å²) in [7, 11) is 4.22. The summed E-state index contributed by atoms with van der Waals surface area (Å²) >= 11 is 0. The molecule has 0 aliphatic heterocycles. The van der Waals surface area contributed by atoms with Crippen molar-refractivity contribution in [3.63, 3.8) is 0 Å². The van der Waals surface area contributed by atoms with Crippen molar-refractivity contribution in [1.29, 1.82) is 0 Å². The first kappa shape index (κ1) is 16.7. The van der Waals surface area contributed by atoms with Crippen LogP contribution in [0.15, 0.2) is 0 Å². The molecule has 1 heterocycles. The van der Waals surface area contributed by atoms with E-state index in [2.05, 4.69) is 60.4 Å². The van der Waals surface area contributed by atoms with Gasteiger partial charge >= 0.3 is 0 Å². The molecule has 1 aromatic heterocycles. The van der Waals surface area contributed by atoms with Gasteiger partial charge < -0.3 is 15.5 Å². The Bertz CT molecular complexity index is 403. The molecule has 2 N–H and O–H groups in total. The van der Waals surface area contributed by atoms with Crippen molar-refractivity contribution in [3.8, 4) is 0 Å². The third kappa shape index (κ3) is 5.33. The van der Waals surface area contributed by atoms with E-state index in [1.54, 1.807) is 0 Å². The summed E-state index contributed by atoms with van der Waals surface area (Å²) in [5.41, 5.74) is 1.11. The summed E-state index contributed by atoms with van der Waals surface area (Å²) in [6.45, 7) is 9.21. The fourth-order valence-electron chi connectivity index (χ4n) is 1.99. The number of hydrogen-bond donors (Lipinski definition) is 2. The van der Waals surface area contributed by atoms with Gasteiger partial charge in [0.25, 0.3) is 0 Å². The molecular weight excluding hydrogens is 250 g/mol. The first-order valence-corrected chi connectivity index (χ1v) is 7.58. The number of anilines is 2. The maximum absolute atomic E-state index is 4.59. The molecule has 1 rings (SSSR count). The predicted octanol–water partition coefficient (Wildman–Crippen LogP) is 2.53. The van der Waals surface area contributed by atoms with Crippen LogP contribution >= 0.6 is 0 Å². The van der Waals surface area contributed by atoms with E-state index in [1.807, 2.05) is 0 Å². The van der Waals surface area contributed by atoms with Crippen LogP contribution in [-0.4, -0.2) is 48.6 Å². The van der Waals surface area contributed by atoms with Crippen LogP contribution in [0.4, 0.5) is 11.6 Å². The molecule has 5 nitrogen and oxygen atoms in total. The highest BCUT2D eigenvalue weighted by Crippen LogP contribution is 2.20. The van der Waals surface area contributed by atoms with E-state index in [0.29, 0.717) is 0 Å². The molecule has 0 fully saturated rings. The van der Waals surface area contributed by atoms with Gasteiger partial charge in [0.2, 0.25) is 0 Å². The van der Waals surface area contributed by atoms with Gasteiger partial charge in [-0.3, -0.25) is 0 Å². The Morgan fingerprint density at radius 2 is 1.65 bits per heavy atom. The average molecular weight is 279 g/mol. The maximum atomic E-state index is 4.59. The number of aryl methyl sites for hydroxylation is 1. The summed E-state index contributed by atoms with van der Waals surface area (Å²) < 4.78 is 0. The van der Waals surface area contributed by atoms with E-state index in [4.69, 9.17) is 0 Å². The molecule has 0 aliphatic carbocycles. The van der Waals surface area contributed by atoms with Gasteiger partial charge in [0.1, 0.15) is 17.5 Å². The number of hydrogen-bond acceptors (Lipinski definition) is 5. The number of unbranched alkanes of at least 4 members (excludes halogenated alkanes) is 1. The van der Waals surface area contributed by atoms with Gasteiger partial charge in [-0.05, 0) is 47.3 Å². The Hall–Kier alpha value is -1.36. The van der Waals surface area contributed by atoms with Crippen molar-refractivity contribution in [1.82, 2.24) is 14.9 Å². The molecule has 0 aromatic carbocycles.